The van der Waals surface area contributed by atoms with E-state index in [1.807, 2.05) is 18.4 Å². The maximum Gasteiger partial charge on any atom is 0.343 e. The zero-order valence-electron chi connectivity index (χ0n) is 13.3. The molecule has 0 saturated carbocycles. The predicted octanol–water partition coefficient (Wildman–Crippen LogP) is 4.50. The summed E-state index contributed by atoms with van der Waals surface area (Å²) in [6, 6.07) is 3.31. The Morgan fingerprint density at radius 3 is 2.56 bits per heavy atom. The summed E-state index contributed by atoms with van der Waals surface area (Å²) < 4.78 is 10.1. The first-order valence-corrected chi connectivity index (χ1v) is 9.04. The van der Waals surface area contributed by atoms with Crippen molar-refractivity contribution in [2.75, 3.05) is 13.7 Å². The molecule has 0 atom stereocenters. The molecule has 9 heteroatoms. The molecule has 2 aromatic rings. The number of carbonyl (C=O) groups is 2. The molecule has 0 radical (unpaired) electrons. The number of nitrogens with one attached hydrogen (secondary N) is 1. The molecule has 0 spiro atoms. The molecule has 1 amide bonds. The van der Waals surface area contributed by atoms with Gasteiger partial charge in [-0.05, 0) is 30.0 Å². The van der Waals surface area contributed by atoms with Crippen molar-refractivity contribution in [3.8, 4) is 5.75 Å². The van der Waals surface area contributed by atoms with Gasteiger partial charge in [0.2, 0.25) is 0 Å². The van der Waals surface area contributed by atoms with Crippen LogP contribution < -0.4 is 10.1 Å². The lowest BCUT2D eigenvalue weighted by molar-refractivity contribution is -0.123. The Bertz CT molecular complexity index is 807. The highest BCUT2D eigenvalue weighted by Crippen LogP contribution is 2.39. The van der Waals surface area contributed by atoms with E-state index < -0.39 is 5.97 Å². The Hall–Kier alpha value is -1.47. The van der Waals surface area contributed by atoms with Crippen molar-refractivity contribution in [2.24, 2.45) is 0 Å². The molecule has 0 aliphatic rings. The summed E-state index contributed by atoms with van der Waals surface area (Å²) >= 11 is 19.6. The molecule has 5 nitrogen and oxygen atoms in total. The third-order valence-corrected chi connectivity index (χ3v) is 5.37. The topological polar surface area (TPSA) is 64.6 Å². The van der Waals surface area contributed by atoms with Crippen LogP contribution in [0.1, 0.15) is 20.8 Å². The number of thiophene rings is 1. The first-order valence-electron chi connectivity index (χ1n) is 7.03. The van der Waals surface area contributed by atoms with Crippen LogP contribution in [0.15, 0.2) is 17.5 Å². The first-order chi connectivity index (χ1) is 11.8. The van der Waals surface area contributed by atoms with Gasteiger partial charge in [0, 0.05) is 4.88 Å². The average Bonchev–Trinajstić information content (AvgIpc) is 2.99. The summed E-state index contributed by atoms with van der Waals surface area (Å²) in [4.78, 5) is 25.0. The molecule has 0 aliphatic heterocycles. The number of hydrogen-bond acceptors (Lipinski definition) is 5. The second-order valence-corrected chi connectivity index (χ2v) is 7.14. The van der Waals surface area contributed by atoms with Crippen molar-refractivity contribution in [3.63, 3.8) is 0 Å². The van der Waals surface area contributed by atoms with Crippen molar-refractivity contribution in [1.82, 2.24) is 5.32 Å². The van der Waals surface area contributed by atoms with Gasteiger partial charge in [0.05, 0.1) is 28.7 Å². The van der Waals surface area contributed by atoms with Gasteiger partial charge in [-0.1, -0.05) is 34.8 Å². The van der Waals surface area contributed by atoms with Crippen molar-refractivity contribution in [2.45, 2.75) is 13.5 Å². The van der Waals surface area contributed by atoms with Gasteiger partial charge in [0.15, 0.2) is 12.4 Å². The summed E-state index contributed by atoms with van der Waals surface area (Å²) in [6.45, 7) is 2.02. The van der Waals surface area contributed by atoms with Gasteiger partial charge in [-0.15, -0.1) is 11.3 Å². The Kier molecular flexibility index (Phi) is 6.95. The van der Waals surface area contributed by atoms with Crippen LogP contribution in [0.5, 0.6) is 5.75 Å². The third kappa shape index (κ3) is 4.79. The minimum atomic E-state index is -0.765. The molecule has 0 bridgehead atoms. The van der Waals surface area contributed by atoms with E-state index in [1.165, 1.54) is 13.2 Å². The number of amides is 1. The van der Waals surface area contributed by atoms with Crippen LogP contribution in [0.25, 0.3) is 0 Å². The number of carbonyl (C=O) groups excluding carboxylic acids is 2. The van der Waals surface area contributed by atoms with Crippen LogP contribution in [-0.2, 0) is 16.1 Å². The number of rotatable bonds is 6. The SMILES string of the molecule is COC(=O)c1c(Cl)c(Cl)cc(Cl)c1OCC(=O)NCc1sccc1C. The largest absolute Gasteiger partial charge is 0.481 e. The molecule has 134 valence electrons. The van der Waals surface area contributed by atoms with Crippen molar-refractivity contribution in [1.29, 1.82) is 0 Å². The molecular weight excluding hydrogens is 409 g/mol. The fraction of sp³-hybridized carbons (Fsp3) is 0.250. The maximum atomic E-state index is 12.0. The van der Waals surface area contributed by atoms with E-state index in [2.05, 4.69) is 10.1 Å². The number of methoxy groups -OCH3 is 1. The van der Waals surface area contributed by atoms with E-state index in [0.29, 0.717) is 6.54 Å². The molecule has 0 aliphatic carbocycles. The van der Waals surface area contributed by atoms with Gasteiger partial charge < -0.3 is 14.8 Å². The number of esters is 1. The van der Waals surface area contributed by atoms with E-state index in [1.54, 1.807) is 11.3 Å². The lowest BCUT2D eigenvalue weighted by Crippen LogP contribution is -2.28. The summed E-state index contributed by atoms with van der Waals surface area (Å²) in [5.74, 6) is -1.19. The number of hydrogen-bond donors (Lipinski definition) is 1. The zero-order chi connectivity index (χ0) is 18.6. The molecule has 0 saturated heterocycles. The normalized spacial score (nSPS) is 10.4. The number of halogens is 3. The molecule has 0 unspecified atom stereocenters. The lowest BCUT2D eigenvalue weighted by atomic mass is 10.2. The second kappa shape index (κ2) is 8.76. The number of ether oxygens (including phenoxy) is 2. The minimum Gasteiger partial charge on any atom is -0.481 e. The Morgan fingerprint density at radius 2 is 1.96 bits per heavy atom. The van der Waals surface area contributed by atoms with Crippen LogP contribution >= 0.6 is 46.1 Å². The average molecular weight is 423 g/mol. The number of benzene rings is 1. The van der Waals surface area contributed by atoms with Gasteiger partial charge in [-0.25, -0.2) is 4.79 Å². The monoisotopic (exact) mass is 421 g/mol. The van der Waals surface area contributed by atoms with Gasteiger partial charge in [0.25, 0.3) is 5.91 Å². The van der Waals surface area contributed by atoms with Crippen LogP contribution in [0.4, 0.5) is 0 Å². The van der Waals surface area contributed by atoms with E-state index in [4.69, 9.17) is 39.5 Å². The molecule has 1 aromatic carbocycles. The summed E-state index contributed by atoms with van der Waals surface area (Å²) in [7, 11) is 1.19. The zero-order valence-corrected chi connectivity index (χ0v) is 16.4. The van der Waals surface area contributed by atoms with E-state index >= 15 is 0 Å². The highest BCUT2D eigenvalue weighted by Gasteiger charge is 2.24. The van der Waals surface area contributed by atoms with E-state index in [9.17, 15) is 9.59 Å². The minimum absolute atomic E-state index is 0.0506. The maximum absolute atomic E-state index is 12.0. The predicted molar refractivity (Wildman–Crippen MR) is 99.2 cm³/mol. The highest BCUT2D eigenvalue weighted by molar-refractivity contribution is 7.10. The van der Waals surface area contributed by atoms with Crippen molar-refractivity contribution >= 4 is 58.0 Å². The Morgan fingerprint density at radius 1 is 1.24 bits per heavy atom. The second-order valence-electron chi connectivity index (χ2n) is 4.94. The smallest absolute Gasteiger partial charge is 0.343 e. The Balaban J connectivity index is 2.09. The molecular formula is C16H14Cl3NO4S. The van der Waals surface area contributed by atoms with Crippen molar-refractivity contribution < 1.29 is 19.1 Å². The standard InChI is InChI=1S/C16H14Cl3NO4S/c1-8-3-4-25-11(8)6-20-12(21)7-24-15-10(18)5-9(17)14(19)13(15)16(22)23-2/h3-5H,6-7H2,1-2H3,(H,20,21). The number of aryl methyl sites for hydroxylation is 1. The van der Waals surface area contributed by atoms with Gasteiger partial charge in [-0.3, -0.25) is 4.79 Å². The van der Waals surface area contributed by atoms with Gasteiger partial charge in [0.1, 0.15) is 5.56 Å². The Labute approximate surface area is 163 Å². The third-order valence-electron chi connectivity index (χ3n) is 3.28. The fourth-order valence-electron chi connectivity index (χ4n) is 1.96. The van der Waals surface area contributed by atoms with Crippen LogP contribution in [0.3, 0.4) is 0 Å². The van der Waals surface area contributed by atoms with Crippen molar-refractivity contribution in [3.05, 3.63) is 48.6 Å². The molecule has 25 heavy (non-hydrogen) atoms. The van der Waals surface area contributed by atoms with Crippen LogP contribution in [0, 0.1) is 6.92 Å². The summed E-state index contributed by atoms with van der Waals surface area (Å²) in [5.41, 5.74) is 0.982. The van der Waals surface area contributed by atoms with Crippen LogP contribution in [0.2, 0.25) is 15.1 Å². The molecule has 2 rings (SSSR count). The summed E-state index contributed by atoms with van der Waals surface area (Å²) in [5, 5.41) is 4.76. The van der Waals surface area contributed by atoms with E-state index in [0.717, 1.165) is 10.4 Å². The first kappa shape index (κ1) is 19.8. The summed E-state index contributed by atoms with van der Waals surface area (Å²) in [6.07, 6.45) is 0. The highest BCUT2D eigenvalue weighted by atomic mass is 35.5. The molecule has 1 heterocycles. The fourth-order valence-corrected chi connectivity index (χ4v) is 3.54. The molecule has 1 N–H and O–H groups in total. The quantitative estimate of drug-likeness (QED) is 0.550. The lowest BCUT2D eigenvalue weighted by Gasteiger charge is -2.14. The van der Waals surface area contributed by atoms with Crippen LogP contribution in [-0.4, -0.2) is 25.6 Å². The van der Waals surface area contributed by atoms with Gasteiger partial charge >= 0.3 is 5.97 Å². The van der Waals surface area contributed by atoms with E-state index in [-0.39, 0.29) is 38.9 Å². The molecule has 1 aromatic heterocycles. The molecule has 0 fully saturated rings. The van der Waals surface area contributed by atoms with Gasteiger partial charge in [-0.2, -0.15) is 0 Å².